The summed E-state index contributed by atoms with van der Waals surface area (Å²) in [6.07, 6.45) is 6.15. The molecule has 0 unspecified atom stereocenters. The Morgan fingerprint density at radius 3 is 1.79 bits per heavy atom. The van der Waals surface area contributed by atoms with Crippen molar-refractivity contribution in [1.29, 1.82) is 0 Å². The third-order valence-electron chi connectivity index (χ3n) is 2.66. The first kappa shape index (κ1) is 16.8. The van der Waals surface area contributed by atoms with Gasteiger partial charge in [0, 0.05) is 6.42 Å². The fourth-order valence-electron chi connectivity index (χ4n) is 1.78. The highest BCUT2D eigenvalue weighted by molar-refractivity contribution is 7.95. The van der Waals surface area contributed by atoms with E-state index in [0.29, 0.717) is 6.42 Å². The lowest BCUT2D eigenvalue weighted by molar-refractivity contribution is -0.0247. The van der Waals surface area contributed by atoms with Crippen LogP contribution < -0.4 is 0 Å². The molecule has 1 aliphatic rings. The maximum atomic E-state index is 11.0. The number of hydrogen-bond acceptors (Lipinski definition) is 7. The molecule has 9 heteroatoms. The molecule has 7 nitrogen and oxygen atoms in total. The largest absolute Gasteiger partial charge is 0.418 e. The van der Waals surface area contributed by atoms with E-state index in [2.05, 4.69) is 18.9 Å². The van der Waals surface area contributed by atoms with Gasteiger partial charge in [-0.05, 0) is 6.42 Å². The van der Waals surface area contributed by atoms with Crippen molar-refractivity contribution >= 4 is 20.8 Å². The van der Waals surface area contributed by atoms with Gasteiger partial charge in [0.05, 0.1) is 0 Å². The average Bonchev–Trinajstić information content (AvgIpc) is 2.23. The predicted molar refractivity (Wildman–Crippen MR) is 67.5 cm³/mol. The molecule has 0 N–H and O–H groups in total. The van der Waals surface area contributed by atoms with E-state index < -0.39 is 27.1 Å². The first-order valence-electron chi connectivity index (χ1n) is 6.42. The van der Waals surface area contributed by atoms with Crippen LogP contribution in [0.15, 0.2) is 0 Å². The summed E-state index contributed by atoms with van der Waals surface area (Å²) in [4.78, 5) is 0. The Bertz CT molecular complexity index is 420. The molecule has 0 radical (unpaired) electrons. The molecule has 0 aliphatic carbocycles. The number of hydrogen-bond donors (Lipinski definition) is 0. The summed E-state index contributed by atoms with van der Waals surface area (Å²) in [6, 6.07) is 0. The zero-order chi connectivity index (χ0) is 14.4. The molecule has 1 fully saturated rings. The average molecular weight is 316 g/mol. The van der Waals surface area contributed by atoms with E-state index >= 15 is 0 Å². The third-order valence-corrected chi connectivity index (χ3v) is 4.89. The highest BCUT2D eigenvalue weighted by atomic mass is 32.3. The molecular formula is C10H20O7S2. The highest BCUT2D eigenvalue weighted by Gasteiger charge is 2.37. The van der Waals surface area contributed by atoms with Gasteiger partial charge in [0.25, 0.3) is 0 Å². The molecule has 0 atom stereocenters. The monoisotopic (exact) mass is 316 g/mol. The van der Waals surface area contributed by atoms with E-state index in [-0.39, 0.29) is 6.42 Å². The van der Waals surface area contributed by atoms with Crippen LogP contribution in [-0.4, -0.2) is 23.1 Å². The summed E-state index contributed by atoms with van der Waals surface area (Å²) >= 11 is 0. The zero-order valence-corrected chi connectivity index (χ0v) is 12.5. The zero-order valence-electron chi connectivity index (χ0n) is 10.9. The molecular weight excluding hydrogens is 296 g/mol. The summed E-state index contributed by atoms with van der Waals surface area (Å²) in [5.74, 6) is 0. The van der Waals surface area contributed by atoms with E-state index in [1.54, 1.807) is 0 Å². The maximum Gasteiger partial charge on any atom is 0.418 e. The normalized spacial score (nSPS) is 22.4. The quantitative estimate of drug-likeness (QED) is 0.632. The van der Waals surface area contributed by atoms with Crippen molar-refractivity contribution < 1.29 is 28.8 Å². The van der Waals surface area contributed by atoms with Crippen molar-refractivity contribution in [3.63, 3.8) is 0 Å². The van der Waals surface area contributed by atoms with E-state index in [0.717, 1.165) is 19.3 Å². The van der Waals surface area contributed by atoms with Crippen LogP contribution in [0.4, 0.5) is 0 Å². The first-order valence-corrected chi connectivity index (χ1v) is 9.09. The van der Waals surface area contributed by atoms with Gasteiger partial charge < -0.3 is 0 Å². The lowest BCUT2D eigenvalue weighted by atomic mass is 10.1. The standard InChI is InChI=1S/C10H20O7S2/c1-2-3-4-5-6-7-8-9-10-15-18(11,12)17-19(13,14)16-10/h10H,2-9H2,1H3. The van der Waals surface area contributed by atoms with Gasteiger partial charge in [0.2, 0.25) is 0 Å². The van der Waals surface area contributed by atoms with Gasteiger partial charge in [-0.25, -0.2) is 8.37 Å². The second-order valence-corrected chi connectivity index (χ2v) is 6.98. The van der Waals surface area contributed by atoms with Crippen molar-refractivity contribution in [1.82, 2.24) is 0 Å². The molecule has 0 aromatic heterocycles. The summed E-state index contributed by atoms with van der Waals surface area (Å²) in [7, 11) is -9.01. The van der Waals surface area contributed by atoms with Gasteiger partial charge in [0.15, 0.2) is 6.29 Å². The Hall–Kier alpha value is -0.220. The molecule has 0 saturated carbocycles. The van der Waals surface area contributed by atoms with Crippen LogP contribution in [0.25, 0.3) is 0 Å². The van der Waals surface area contributed by atoms with Crippen LogP contribution in [0.2, 0.25) is 0 Å². The lowest BCUT2D eigenvalue weighted by Gasteiger charge is -2.20. The topological polar surface area (TPSA) is 96.0 Å². The Labute approximate surface area is 114 Å². The molecule has 0 aromatic carbocycles. The van der Waals surface area contributed by atoms with Gasteiger partial charge in [-0.2, -0.15) is 16.8 Å². The fraction of sp³-hybridized carbons (Fsp3) is 1.00. The van der Waals surface area contributed by atoms with Crippen molar-refractivity contribution in [2.45, 2.75) is 64.6 Å². The van der Waals surface area contributed by atoms with E-state index in [4.69, 9.17) is 0 Å². The summed E-state index contributed by atoms with van der Waals surface area (Å²) in [6.45, 7) is 2.14. The molecule has 114 valence electrons. The molecule has 0 aromatic rings. The van der Waals surface area contributed by atoms with Crippen LogP contribution in [0, 0.1) is 0 Å². The van der Waals surface area contributed by atoms with Gasteiger partial charge in [-0.1, -0.05) is 45.4 Å². The Kier molecular flexibility index (Phi) is 6.67. The maximum absolute atomic E-state index is 11.0. The lowest BCUT2D eigenvalue weighted by Crippen LogP contribution is -2.34. The molecule has 1 rings (SSSR count). The van der Waals surface area contributed by atoms with Crippen LogP contribution in [0.1, 0.15) is 58.3 Å². The highest BCUT2D eigenvalue weighted by Crippen LogP contribution is 2.22. The van der Waals surface area contributed by atoms with Crippen molar-refractivity contribution in [2.75, 3.05) is 0 Å². The summed E-state index contributed by atoms with van der Waals surface area (Å²) in [5.41, 5.74) is 0. The second-order valence-electron chi connectivity index (χ2n) is 4.42. The van der Waals surface area contributed by atoms with E-state index in [1.807, 2.05) is 0 Å². The molecule has 0 bridgehead atoms. The Morgan fingerprint density at radius 1 is 0.789 bits per heavy atom. The summed E-state index contributed by atoms with van der Waals surface area (Å²) < 4.78 is 56.4. The van der Waals surface area contributed by atoms with Crippen LogP contribution in [0.5, 0.6) is 0 Å². The van der Waals surface area contributed by atoms with Crippen molar-refractivity contribution in [3.8, 4) is 0 Å². The minimum atomic E-state index is -4.51. The third kappa shape index (κ3) is 7.21. The number of unbranched alkanes of at least 4 members (excludes halogenated alkanes) is 6. The number of rotatable bonds is 8. The van der Waals surface area contributed by atoms with E-state index in [1.165, 1.54) is 19.3 Å². The van der Waals surface area contributed by atoms with Gasteiger partial charge in [-0.3, -0.25) is 0 Å². The van der Waals surface area contributed by atoms with Crippen LogP contribution in [0.3, 0.4) is 0 Å². The van der Waals surface area contributed by atoms with Crippen LogP contribution >= 0.6 is 0 Å². The minimum Gasteiger partial charge on any atom is -0.214 e. The Balaban J connectivity index is 2.22. The smallest absolute Gasteiger partial charge is 0.214 e. The molecule has 1 aliphatic heterocycles. The van der Waals surface area contributed by atoms with Gasteiger partial charge in [0.1, 0.15) is 0 Å². The minimum absolute atomic E-state index is 0.204. The first-order chi connectivity index (χ1) is 8.85. The van der Waals surface area contributed by atoms with Gasteiger partial charge >= 0.3 is 20.8 Å². The summed E-state index contributed by atoms with van der Waals surface area (Å²) in [5, 5.41) is 0. The predicted octanol–water partition coefficient (Wildman–Crippen LogP) is 2.01. The second kappa shape index (κ2) is 7.53. The molecule has 1 heterocycles. The molecule has 1 saturated heterocycles. The van der Waals surface area contributed by atoms with Crippen LogP contribution in [-0.2, 0) is 32.8 Å². The van der Waals surface area contributed by atoms with Gasteiger partial charge in [-0.15, -0.1) is 3.63 Å². The van der Waals surface area contributed by atoms with Crippen molar-refractivity contribution in [3.05, 3.63) is 0 Å². The van der Waals surface area contributed by atoms with Crippen molar-refractivity contribution in [2.24, 2.45) is 0 Å². The molecule has 0 amide bonds. The Morgan fingerprint density at radius 2 is 1.26 bits per heavy atom. The SMILES string of the molecule is CCCCCCCCCC1OS(=O)(=O)OS(=O)(=O)O1. The fourth-order valence-corrected chi connectivity index (χ4v) is 3.70. The van der Waals surface area contributed by atoms with E-state index in [9.17, 15) is 16.8 Å². The molecule has 19 heavy (non-hydrogen) atoms. The molecule has 0 spiro atoms.